The zero-order chi connectivity index (χ0) is 19.3. The molecule has 0 radical (unpaired) electrons. The predicted octanol–water partition coefficient (Wildman–Crippen LogP) is 3.03. The Hall–Kier alpha value is -2.45. The van der Waals surface area contributed by atoms with Gasteiger partial charge in [-0.2, -0.15) is 0 Å². The van der Waals surface area contributed by atoms with Gasteiger partial charge in [0.1, 0.15) is 18.0 Å². The van der Waals surface area contributed by atoms with Crippen molar-refractivity contribution in [3.05, 3.63) is 47.5 Å². The number of nitrogens with zero attached hydrogens (tertiary/aromatic N) is 1. The highest BCUT2D eigenvalue weighted by molar-refractivity contribution is 7.92. The molecule has 0 amide bonds. The zero-order valence-electron chi connectivity index (χ0n) is 14.2. The molecule has 0 heterocycles. The number of halogens is 1. The van der Waals surface area contributed by atoms with Gasteiger partial charge in [-0.15, -0.1) is 0 Å². The van der Waals surface area contributed by atoms with Crippen LogP contribution in [-0.4, -0.2) is 39.8 Å². The third kappa shape index (κ3) is 4.39. The van der Waals surface area contributed by atoms with Gasteiger partial charge in [0.2, 0.25) is 0 Å². The first-order valence-electron chi connectivity index (χ1n) is 7.60. The van der Waals surface area contributed by atoms with E-state index in [2.05, 4.69) is 0 Å². The minimum absolute atomic E-state index is 0.104. The summed E-state index contributed by atoms with van der Waals surface area (Å²) in [5.41, 5.74) is 0.172. The third-order valence-electron chi connectivity index (χ3n) is 3.41. The summed E-state index contributed by atoms with van der Waals surface area (Å²) in [6, 6.07) is 10.1. The number of carboxylic acid groups (broad SMARTS) is 1. The number of hydrogen-bond donors (Lipinski definition) is 1. The Kier molecular flexibility index (Phi) is 6.33. The van der Waals surface area contributed by atoms with Gasteiger partial charge < -0.3 is 14.6 Å². The quantitative estimate of drug-likeness (QED) is 0.733. The summed E-state index contributed by atoms with van der Waals surface area (Å²) < 4.78 is 37.2. The number of hydrogen-bond acceptors (Lipinski definition) is 5. The van der Waals surface area contributed by atoms with E-state index in [9.17, 15) is 18.3 Å². The highest BCUT2D eigenvalue weighted by Gasteiger charge is 2.28. The van der Waals surface area contributed by atoms with Crippen molar-refractivity contribution in [1.29, 1.82) is 0 Å². The molecule has 0 spiro atoms. The molecule has 1 N–H and O–H groups in total. The van der Waals surface area contributed by atoms with Crippen LogP contribution in [-0.2, 0) is 14.8 Å². The molecule has 26 heavy (non-hydrogen) atoms. The second-order valence-electron chi connectivity index (χ2n) is 5.13. The Morgan fingerprint density at radius 1 is 1.23 bits per heavy atom. The summed E-state index contributed by atoms with van der Waals surface area (Å²) in [5.74, 6) is -0.549. The summed E-state index contributed by atoms with van der Waals surface area (Å²) in [6.45, 7) is 1.43. The molecular weight excluding hydrogens is 382 g/mol. The second-order valence-corrected chi connectivity index (χ2v) is 7.40. The molecular formula is C17H18ClNO6S. The lowest BCUT2D eigenvalue weighted by atomic mass is 10.3. The summed E-state index contributed by atoms with van der Waals surface area (Å²) in [7, 11) is -2.76. The molecule has 0 unspecified atom stereocenters. The van der Waals surface area contributed by atoms with Crippen molar-refractivity contribution in [2.75, 3.05) is 24.6 Å². The summed E-state index contributed by atoms with van der Waals surface area (Å²) in [6.07, 6.45) is 0. The van der Waals surface area contributed by atoms with Crippen LogP contribution in [0.15, 0.2) is 47.4 Å². The Labute approximate surface area is 156 Å². The Bertz CT molecular complexity index is 900. The summed E-state index contributed by atoms with van der Waals surface area (Å²) in [5, 5.41) is 9.29. The molecule has 0 saturated carbocycles. The number of ether oxygens (including phenoxy) is 2. The molecule has 0 aliphatic heterocycles. The van der Waals surface area contributed by atoms with Crippen molar-refractivity contribution >= 4 is 33.3 Å². The van der Waals surface area contributed by atoms with Crippen molar-refractivity contribution < 1.29 is 27.8 Å². The molecule has 0 aliphatic carbocycles. The largest absolute Gasteiger partial charge is 0.495 e. The molecule has 0 fully saturated rings. The van der Waals surface area contributed by atoms with Crippen LogP contribution < -0.4 is 13.8 Å². The number of aliphatic carboxylic acids is 1. The molecule has 0 aromatic heterocycles. The van der Waals surface area contributed by atoms with Crippen LogP contribution in [0.2, 0.25) is 5.02 Å². The predicted molar refractivity (Wildman–Crippen MR) is 97.8 cm³/mol. The first kappa shape index (κ1) is 19.9. The normalized spacial score (nSPS) is 11.0. The lowest BCUT2D eigenvalue weighted by Crippen LogP contribution is -2.35. The van der Waals surface area contributed by atoms with Crippen LogP contribution in [0.5, 0.6) is 11.5 Å². The Morgan fingerprint density at radius 3 is 2.54 bits per heavy atom. The number of carbonyl (C=O) groups is 1. The van der Waals surface area contributed by atoms with Crippen LogP contribution in [0.4, 0.5) is 5.69 Å². The molecule has 0 aliphatic rings. The van der Waals surface area contributed by atoms with E-state index in [4.69, 9.17) is 21.1 Å². The van der Waals surface area contributed by atoms with Gasteiger partial charge in [-0.25, -0.2) is 8.42 Å². The lowest BCUT2D eigenvalue weighted by Gasteiger charge is -2.23. The molecule has 9 heteroatoms. The van der Waals surface area contributed by atoms with E-state index in [0.717, 1.165) is 4.31 Å². The minimum Gasteiger partial charge on any atom is -0.495 e. The minimum atomic E-state index is -4.17. The van der Waals surface area contributed by atoms with E-state index in [1.807, 2.05) is 0 Å². The van der Waals surface area contributed by atoms with Gasteiger partial charge in [0.05, 0.1) is 29.3 Å². The summed E-state index contributed by atoms with van der Waals surface area (Å²) in [4.78, 5) is 11.1. The fraction of sp³-hybridized carbons (Fsp3) is 0.235. The monoisotopic (exact) mass is 399 g/mol. The number of rotatable bonds is 8. The van der Waals surface area contributed by atoms with Gasteiger partial charge in [0.15, 0.2) is 0 Å². The van der Waals surface area contributed by atoms with E-state index in [1.165, 1.54) is 37.4 Å². The SMILES string of the molecule is CCOc1cccc(N(CC(=O)O)S(=O)(=O)c2ccc(OC)c(Cl)c2)c1. The van der Waals surface area contributed by atoms with Gasteiger partial charge in [0.25, 0.3) is 10.0 Å². The highest BCUT2D eigenvalue weighted by atomic mass is 35.5. The van der Waals surface area contributed by atoms with Crippen molar-refractivity contribution in [2.24, 2.45) is 0 Å². The van der Waals surface area contributed by atoms with E-state index < -0.39 is 22.5 Å². The van der Waals surface area contributed by atoms with Gasteiger partial charge in [-0.3, -0.25) is 9.10 Å². The van der Waals surface area contributed by atoms with Gasteiger partial charge >= 0.3 is 5.97 Å². The number of carboxylic acids is 1. The number of benzene rings is 2. The molecule has 2 aromatic rings. The fourth-order valence-electron chi connectivity index (χ4n) is 2.27. The van der Waals surface area contributed by atoms with E-state index in [-0.39, 0.29) is 15.6 Å². The van der Waals surface area contributed by atoms with E-state index in [0.29, 0.717) is 18.1 Å². The van der Waals surface area contributed by atoms with E-state index >= 15 is 0 Å². The maximum absolute atomic E-state index is 13.0. The van der Waals surface area contributed by atoms with Crippen molar-refractivity contribution in [3.8, 4) is 11.5 Å². The average Bonchev–Trinajstić information content (AvgIpc) is 2.60. The van der Waals surface area contributed by atoms with Crippen molar-refractivity contribution in [2.45, 2.75) is 11.8 Å². The molecule has 2 aromatic carbocycles. The molecule has 7 nitrogen and oxygen atoms in total. The number of anilines is 1. The fourth-order valence-corrected chi connectivity index (χ4v) is 4.02. The van der Waals surface area contributed by atoms with E-state index in [1.54, 1.807) is 19.1 Å². The first-order valence-corrected chi connectivity index (χ1v) is 9.42. The smallest absolute Gasteiger partial charge is 0.324 e. The molecule has 0 saturated heterocycles. The van der Waals surface area contributed by atoms with Gasteiger partial charge in [-0.1, -0.05) is 17.7 Å². The topological polar surface area (TPSA) is 93.1 Å². The van der Waals surface area contributed by atoms with Crippen LogP contribution in [0.25, 0.3) is 0 Å². The van der Waals surface area contributed by atoms with Crippen LogP contribution >= 0.6 is 11.6 Å². The third-order valence-corrected chi connectivity index (χ3v) is 5.47. The molecule has 2 rings (SSSR count). The van der Waals surface area contributed by atoms with Gasteiger partial charge in [-0.05, 0) is 37.3 Å². The Balaban J connectivity index is 2.53. The Morgan fingerprint density at radius 2 is 1.96 bits per heavy atom. The first-order chi connectivity index (χ1) is 12.3. The number of methoxy groups -OCH3 is 1. The standard InChI is InChI=1S/C17H18ClNO6S/c1-3-25-13-6-4-5-12(9-13)19(11-17(20)21)26(22,23)14-7-8-16(24-2)15(18)10-14/h4-10H,3,11H2,1-2H3,(H,20,21). The molecule has 0 atom stereocenters. The van der Waals surface area contributed by atoms with Crippen LogP contribution in [0.1, 0.15) is 6.92 Å². The molecule has 0 bridgehead atoms. The second kappa shape index (κ2) is 8.29. The maximum Gasteiger partial charge on any atom is 0.324 e. The summed E-state index contributed by atoms with van der Waals surface area (Å²) >= 11 is 6.01. The van der Waals surface area contributed by atoms with Crippen molar-refractivity contribution in [3.63, 3.8) is 0 Å². The highest BCUT2D eigenvalue weighted by Crippen LogP contribution is 2.31. The molecule has 140 valence electrons. The van der Waals surface area contributed by atoms with Crippen molar-refractivity contribution in [1.82, 2.24) is 0 Å². The van der Waals surface area contributed by atoms with Crippen LogP contribution in [0.3, 0.4) is 0 Å². The van der Waals surface area contributed by atoms with Crippen LogP contribution in [0, 0.1) is 0 Å². The van der Waals surface area contributed by atoms with Gasteiger partial charge in [0, 0.05) is 6.07 Å². The number of sulfonamides is 1. The lowest BCUT2D eigenvalue weighted by molar-refractivity contribution is -0.135. The zero-order valence-corrected chi connectivity index (χ0v) is 15.7. The maximum atomic E-state index is 13.0. The average molecular weight is 400 g/mol.